The fraction of sp³-hybridized carbons (Fsp3) is 0.867. The van der Waals surface area contributed by atoms with E-state index in [0.29, 0.717) is 5.84 Å². The van der Waals surface area contributed by atoms with Crippen LogP contribution in [0.5, 0.6) is 0 Å². The molecule has 1 aliphatic carbocycles. The van der Waals surface area contributed by atoms with E-state index in [2.05, 4.69) is 25.8 Å². The molecule has 0 saturated heterocycles. The fourth-order valence-corrected chi connectivity index (χ4v) is 3.87. The predicted octanol–water partition coefficient (Wildman–Crippen LogP) is 3.31. The molecule has 2 unspecified atom stereocenters. The Morgan fingerprint density at radius 1 is 1.42 bits per heavy atom. The highest BCUT2D eigenvalue weighted by Crippen LogP contribution is 2.40. The number of nitrogens with two attached hydrogens (primary N) is 1. The monoisotopic (exact) mass is 265 g/mol. The SMILES string of the molecule is CCCC1CCCC2(CC1)C(N)=NC(=O)N2C(C)C. The van der Waals surface area contributed by atoms with Gasteiger partial charge in [0.2, 0.25) is 0 Å². The molecule has 108 valence electrons. The molecule has 1 spiro atoms. The molecule has 1 fully saturated rings. The molecule has 1 saturated carbocycles. The van der Waals surface area contributed by atoms with Crippen LogP contribution in [0.25, 0.3) is 0 Å². The van der Waals surface area contributed by atoms with Crippen molar-refractivity contribution in [3.05, 3.63) is 0 Å². The first kappa shape index (κ1) is 14.4. The number of hydrogen-bond acceptors (Lipinski definition) is 2. The van der Waals surface area contributed by atoms with Gasteiger partial charge in [-0.05, 0) is 39.0 Å². The van der Waals surface area contributed by atoms with Crippen LogP contribution in [-0.2, 0) is 0 Å². The van der Waals surface area contributed by atoms with Gasteiger partial charge in [0.1, 0.15) is 11.4 Å². The van der Waals surface area contributed by atoms with Crippen LogP contribution in [0.2, 0.25) is 0 Å². The molecule has 0 bridgehead atoms. The highest BCUT2D eigenvalue weighted by molar-refractivity contribution is 6.05. The van der Waals surface area contributed by atoms with Crippen LogP contribution in [-0.4, -0.2) is 28.3 Å². The van der Waals surface area contributed by atoms with Gasteiger partial charge in [0, 0.05) is 6.04 Å². The molecule has 0 aromatic rings. The van der Waals surface area contributed by atoms with Gasteiger partial charge >= 0.3 is 6.03 Å². The lowest BCUT2D eigenvalue weighted by Gasteiger charge is -2.40. The first-order valence-electron chi connectivity index (χ1n) is 7.69. The standard InChI is InChI=1S/C15H27N3O/c1-4-6-12-7-5-9-15(10-8-12)13(16)17-14(19)18(15)11(2)3/h11-12H,4-10H2,1-3H3,(H2,16,17,19). The number of carbonyl (C=O) groups excluding carboxylic acids is 1. The summed E-state index contributed by atoms with van der Waals surface area (Å²) in [5.41, 5.74) is 5.86. The molecule has 2 rings (SSSR count). The van der Waals surface area contributed by atoms with E-state index in [-0.39, 0.29) is 17.6 Å². The Labute approximate surface area is 116 Å². The fourth-order valence-electron chi connectivity index (χ4n) is 3.87. The van der Waals surface area contributed by atoms with Gasteiger partial charge in [0.15, 0.2) is 0 Å². The van der Waals surface area contributed by atoms with Crippen molar-refractivity contribution in [2.45, 2.75) is 77.3 Å². The van der Waals surface area contributed by atoms with E-state index in [1.165, 1.54) is 25.7 Å². The third kappa shape index (κ3) is 2.49. The summed E-state index contributed by atoms with van der Waals surface area (Å²) < 4.78 is 0. The van der Waals surface area contributed by atoms with E-state index in [1.807, 2.05) is 4.90 Å². The molecule has 2 N–H and O–H groups in total. The summed E-state index contributed by atoms with van der Waals surface area (Å²) in [7, 11) is 0. The largest absolute Gasteiger partial charge is 0.385 e. The lowest BCUT2D eigenvalue weighted by molar-refractivity contribution is 0.135. The van der Waals surface area contributed by atoms with Gasteiger partial charge in [-0.1, -0.05) is 32.6 Å². The molecule has 2 amide bonds. The molecule has 0 aromatic heterocycles. The summed E-state index contributed by atoms with van der Waals surface area (Å²) in [6.07, 6.45) is 8.08. The number of carbonyl (C=O) groups is 1. The molecule has 2 atom stereocenters. The van der Waals surface area contributed by atoms with Gasteiger partial charge in [0.05, 0.1) is 0 Å². The summed E-state index contributed by atoms with van der Waals surface area (Å²) in [4.78, 5) is 18.1. The van der Waals surface area contributed by atoms with Gasteiger partial charge < -0.3 is 10.6 Å². The van der Waals surface area contributed by atoms with Crippen LogP contribution in [0, 0.1) is 5.92 Å². The van der Waals surface area contributed by atoms with Crippen LogP contribution < -0.4 is 5.73 Å². The summed E-state index contributed by atoms with van der Waals surface area (Å²) in [6.45, 7) is 6.36. The van der Waals surface area contributed by atoms with Crippen molar-refractivity contribution in [3.63, 3.8) is 0 Å². The quantitative estimate of drug-likeness (QED) is 0.851. The minimum absolute atomic E-state index is 0.138. The van der Waals surface area contributed by atoms with Gasteiger partial charge in [-0.15, -0.1) is 0 Å². The highest BCUT2D eigenvalue weighted by Gasteiger charge is 2.49. The molecule has 1 aliphatic heterocycles. The summed E-state index contributed by atoms with van der Waals surface area (Å²) in [5.74, 6) is 1.35. The number of nitrogens with zero attached hydrogens (tertiary/aromatic N) is 2. The van der Waals surface area contributed by atoms with E-state index in [4.69, 9.17) is 5.73 Å². The third-order valence-corrected chi connectivity index (χ3v) is 4.74. The Kier molecular flexibility index (Phi) is 4.16. The maximum absolute atomic E-state index is 12.1. The van der Waals surface area contributed by atoms with E-state index >= 15 is 0 Å². The first-order valence-corrected chi connectivity index (χ1v) is 7.69. The number of amides is 2. The van der Waals surface area contributed by atoms with E-state index in [1.54, 1.807) is 0 Å². The highest BCUT2D eigenvalue weighted by atomic mass is 16.2. The van der Waals surface area contributed by atoms with Crippen LogP contribution in [0.4, 0.5) is 4.79 Å². The smallest absolute Gasteiger partial charge is 0.346 e. The molecule has 2 aliphatic rings. The van der Waals surface area contributed by atoms with Crippen LogP contribution in [0.15, 0.2) is 4.99 Å². The van der Waals surface area contributed by atoms with Crippen molar-refractivity contribution in [1.82, 2.24) is 4.90 Å². The molecule has 0 radical (unpaired) electrons. The van der Waals surface area contributed by atoms with Crippen molar-refractivity contribution in [3.8, 4) is 0 Å². The molecular formula is C15H27N3O. The van der Waals surface area contributed by atoms with Gasteiger partial charge in [0.25, 0.3) is 0 Å². The minimum atomic E-state index is -0.284. The third-order valence-electron chi connectivity index (χ3n) is 4.74. The second-order valence-electron chi connectivity index (χ2n) is 6.36. The second-order valence-corrected chi connectivity index (χ2v) is 6.36. The molecule has 19 heavy (non-hydrogen) atoms. The summed E-state index contributed by atoms with van der Waals surface area (Å²) in [5, 5.41) is 0. The Balaban J connectivity index is 2.20. The lowest BCUT2D eigenvalue weighted by atomic mass is 9.86. The van der Waals surface area contributed by atoms with Crippen molar-refractivity contribution in [1.29, 1.82) is 0 Å². The van der Waals surface area contributed by atoms with Crippen LogP contribution >= 0.6 is 0 Å². The van der Waals surface area contributed by atoms with E-state index in [9.17, 15) is 4.79 Å². The predicted molar refractivity (Wildman–Crippen MR) is 78.2 cm³/mol. The number of urea groups is 1. The Morgan fingerprint density at radius 3 is 2.79 bits per heavy atom. The van der Waals surface area contributed by atoms with Crippen molar-refractivity contribution in [2.24, 2.45) is 16.6 Å². The van der Waals surface area contributed by atoms with Gasteiger partial charge in [-0.3, -0.25) is 0 Å². The summed E-state index contributed by atoms with van der Waals surface area (Å²) in [6, 6.07) is 0.0291. The number of aliphatic imine (C=N–C) groups is 1. The Morgan fingerprint density at radius 2 is 2.16 bits per heavy atom. The summed E-state index contributed by atoms with van der Waals surface area (Å²) >= 11 is 0. The number of amidine groups is 1. The molecule has 4 heteroatoms. The normalized spacial score (nSPS) is 32.0. The zero-order valence-corrected chi connectivity index (χ0v) is 12.5. The maximum Gasteiger partial charge on any atom is 0.346 e. The zero-order chi connectivity index (χ0) is 14.0. The second kappa shape index (κ2) is 5.51. The Hall–Kier alpha value is -1.06. The number of rotatable bonds is 3. The van der Waals surface area contributed by atoms with Gasteiger partial charge in [-0.2, -0.15) is 4.99 Å². The average Bonchev–Trinajstić information content (AvgIpc) is 2.49. The molecule has 4 nitrogen and oxygen atoms in total. The molecule has 0 aromatic carbocycles. The van der Waals surface area contributed by atoms with E-state index < -0.39 is 0 Å². The van der Waals surface area contributed by atoms with Crippen LogP contribution in [0.3, 0.4) is 0 Å². The topological polar surface area (TPSA) is 58.7 Å². The zero-order valence-electron chi connectivity index (χ0n) is 12.5. The van der Waals surface area contributed by atoms with Crippen LogP contribution in [0.1, 0.15) is 65.7 Å². The van der Waals surface area contributed by atoms with Crippen molar-refractivity contribution in [2.75, 3.05) is 0 Å². The minimum Gasteiger partial charge on any atom is -0.385 e. The number of hydrogen-bond donors (Lipinski definition) is 1. The first-order chi connectivity index (χ1) is 9.01. The van der Waals surface area contributed by atoms with Crippen molar-refractivity contribution < 1.29 is 4.79 Å². The van der Waals surface area contributed by atoms with E-state index in [0.717, 1.165) is 25.2 Å². The van der Waals surface area contributed by atoms with Crippen molar-refractivity contribution >= 4 is 11.9 Å². The average molecular weight is 265 g/mol. The lowest BCUT2D eigenvalue weighted by Crippen LogP contribution is -2.56. The van der Waals surface area contributed by atoms with Gasteiger partial charge in [-0.25, -0.2) is 4.79 Å². The molecular weight excluding hydrogens is 238 g/mol. The Bertz CT molecular complexity index is 378. The molecule has 1 heterocycles. The maximum atomic E-state index is 12.1.